The highest BCUT2D eigenvalue weighted by atomic mass is 19.2. The van der Waals surface area contributed by atoms with Gasteiger partial charge in [-0.25, -0.2) is 13.5 Å². The van der Waals surface area contributed by atoms with Crippen molar-refractivity contribution in [2.24, 2.45) is 0 Å². The van der Waals surface area contributed by atoms with Gasteiger partial charge in [-0.3, -0.25) is 9.59 Å². The minimum atomic E-state index is -0.933. The molecule has 1 aromatic heterocycles. The summed E-state index contributed by atoms with van der Waals surface area (Å²) in [5.74, 6) is -2.45. The molecule has 176 valence electrons. The van der Waals surface area contributed by atoms with Crippen molar-refractivity contribution < 1.29 is 18.4 Å². The number of hydrogen-bond acceptors (Lipinski definition) is 3. The van der Waals surface area contributed by atoms with Crippen LogP contribution in [0, 0.1) is 25.5 Å². The van der Waals surface area contributed by atoms with Gasteiger partial charge in [-0.2, -0.15) is 5.10 Å². The van der Waals surface area contributed by atoms with Crippen LogP contribution < -0.4 is 5.32 Å². The quantitative estimate of drug-likeness (QED) is 0.636. The highest BCUT2D eigenvalue weighted by Gasteiger charge is 2.50. The molecule has 6 nitrogen and oxygen atoms in total. The Morgan fingerprint density at radius 3 is 2.65 bits per heavy atom. The molecular weight excluding hydrogens is 438 g/mol. The lowest BCUT2D eigenvalue weighted by molar-refractivity contribution is -0.125. The molecule has 8 heteroatoms. The maximum absolute atomic E-state index is 14.1. The summed E-state index contributed by atoms with van der Waals surface area (Å²) in [5.41, 5.74) is 3.01. The second-order valence-electron chi connectivity index (χ2n) is 9.36. The summed E-state index contributed by atoms with van der Waals surface area (Å²) in [7, 11) is 0. The van der Waals surface area contributed by atoms with Crippen molar-refractivity contribution in [2.75, 3.05) is 13.1 Å². The van der Waals surface area contributed by atoms with E-state index in [1.807, 2.05) is 32.0 Å². The first-order valence-electron chi connectivity index (χ1n) is 11.4. The third kappa shape index (κ3) is 3.87. The number of carbonyl (C=O) groups excluding carboxylic acids is 2. The number of nitrogens with one attached hydrogen (secondary N) is 1. The van der Waals surface area contributed by atoms with Gasteiger partial charge in [-0.05, 0) is 68.7 Å². The number of amides is 2. The van der Waals surface area contributed by atoms with Crippen LogP contribution in [-0.2, 0) is 4.79 Å². The molecule has 34 heavy (non-hydrogen) atoms. The Balaban J connectivity index is 1.48. The first-order valence-corrected chi connectivity index (χ1v) is 11.4. The zero-order valence-corrected chi connectivity index (χ0v) is 19.1. The van der Waals surface area contributed by atoms with Crippen molar-refractivity contribution in [3.05, 3.63) is 82.7 Å². The number of likely N-dealkylation sites (tertiary alicyclic amines) is 1. The molecule has 0 aliphatic carbocycles. The van der Waals surface area contributed by atoms with Crippen molar-refractivity contribution in [2.45, 2.75) is 44.6 Å². The lowest BCUT2D eigenvalue weighted by Gasteiger charge is -2.39. The minimum Gasteiger partial charge on any atom is -0.348 e. The Morgan fingerprint density at radius 1 is 1.12 bits per heavy atom. The van der Waals surface area contributed by atoms with Crippen LogP contribution in [0.4, 0.5) is 8.78 Å². The summed E-state index contributed by atoms with van der Waals surface area (Å²) in [5, 5.41) is 7.60. The molecule has 2 saturated heterocycles. The van der Waals surface area contributed by atoms with Gasteiger partial charge < -0.3 is 10.2 Å². The van der Waals surface area contributed by atoms with E-state index < -0.39 is 17.2 Å². The molecule has 0 unspecified atom stereocenters. The molecule has 3 heterocycles. The lowest BCUT2D eigenvalue weighted by Crippen LogP contribution is -2.56. The fourth-order valence-electron chi connectivity index (χ4n) is 5.41. The van der Waals surface area contributed by atoms with E-state index in [0.29, 0.717) is 43.5 Å². The second kappa shape index (κ2) is 8.34. The SMILES string of the molecule is Cc1cc(C)n(-c2cccc(C(=O)N3C[C@@H](c4ccc(F)c(F)c4)[C@@]4(CCCC(=O)N4)C3)c2)n1. The molecule has 2 aliphatic rings. The molecule has 0 saturated carbocycles. The van der Waals surface area contributed by atoms with E-state index in [0.717, 1.165) is 23.1 Å². The van der Waals surface area contributed by atoms with Crippen LogP contribution in [0.1, 0.15) is 52.5 Å². The minimum absolute atomic E-state index is 0.0837. The Labute approximate surface area is 196 Å². The summed E-state index contributed by atoms with van der Waals surface area (Å²) in [6, 6.07) is 13.1. The van der Waals surface area contributed by atoms with E-state index in [4.69, 9.17) is 0 Å². The Bertz CT molecular complexity index is 1290. The number of rotatable bonds is 3. The second-order valence-corrected chi connectivity index (χ2v) is 9.36. The van der Waals surface area contributed by atoms with Gasteiger partial charge in [0.25, 0.3) is 5.91 Å². The predicted octanol–water partition coefficient (Wildman–Crippen LogP) is 4.05. The van der Waals surface area contributed by atoms with Crippen LogP contribution in [0.15, 0.2) is 48.5 Å². The lowest BCUT2D eigenvalue weighted by atomic mass is 9.76. The Morgan fingerprint density at radius 2 is 1.94 bits per heavy atom. The largest absolute Gasteiger partial charge is 0.348 e. The number of benzene rings is 2. The van der Waals surface area contributed by atoms with Gasteiger partial charge in [-0.15, -0.1) is 0 Å². The summed E-state index contributed by atoms with van der Waals surface area (Å²) in [4.78, 5) is 27.6. The van der Waals surface area contributed by atoms with E-state index >= 15 is 0 Å². The van der Waals surface area contributed by atoms with Gasteiger partial charge in [0, 0.05) is 36.7 Å². The topological polar surface area (TPSA) is 67.2 Å². The highest BCUT2D eigenvalue weighted by molar-refractivity contribution is 5.95. The summed E-state index contributed by atoms with van der Waals surface area (Å²) in [6.07, 6.45) is 1.77. The van der Waals surface area contributed by atoms with Gasteiger partial charge in [-0.1, -0.05) is 12.1 Å². The molecule has 2 fully saturated rings. The van der Waals surface area contributed by atoms with Gasteiger partial charge in [0.15, 0.2) is 11.6 Å². The first kappa shape index (κ1) is 22.3. The Hall–Kier alpha value is -3.55. The van der Waals surface area contributed by atoms with Gasteiger partial charge in [0.2, 0.25) is 5.91 Å². The molecule has 2 aromatic carbocycles. The third-order valence-corrected chi connectivity index (χ3v) is 6.94. The zero-order chi connectivity index (χ0) is 24.0. The van der Waals surface area contributed by atoms with Crippen LogP contribution in [0.2, 0.25) is 0 Å². The van der Waals surface area contributed by atoms with Crippen LogP contribution in [0.3, 0.4) is 0 Å². The molecule has 1 N–H and O–H groups in total. The van der Waals surface area contributed by atoms with Crippen molar-refractivity contribution in [3.63, 3.8) is 0 Å². The van der Waals surface area contributed by atoms with Crippen LogP contribution in [-0.4, -0.2) is 45.1 Å². The molecule has 0 radical (unpaired) electrons. The molecule has 5 rings (SSSR count). The maximum atomic E-state index is 14.1. The number of halogens is 2. The number of piperidine rings is 1. The van der Waals surface area contributed by atoms with Crippen molar-refractivity contribution in [1.82, 2.24) is 20.0 Å². The van der Waals surface area contributed by atoms with Crippen molar-refractivity contribution in [1.29, 1.82) is 0 Å². The van der Waals surface area contributed by atoms with Gasteiger partial charge >= 0.3 is 0 Å². The van der Waals surface area contributed by atoms with Gasteiger partial charge in [0.1, 0.15) is 0 Å². The highest BCUT2D eigenvalue weighted by Crippen LogP contribution is 2.42. The van der Waals surface area contributed by atoms with E-state index in [1.54, 1.807) is 27.8 Å². The monoisotopic (exact) mass is 464 g/mol. The molecule has 2 aliphatic heterocycles. The average molecular weight is 465 g/mol. The van der Waals surface area contributed by atoms with Gasteiger partial charge in [0.05, 0.1) is 16.9 Å². The van der Waals surface area contributed by atoms with E-state index in [2.05, 4.69) is 10.4 Å². The van der Waals surface area contributed by atoms with E-state index in [-0.39, 0.29) is 17.7 Å². The molecule has 2 amide bonds. The normalized spacial score (nSPS) is 22.3. The number of carbonyl (C=O) groups is 2. The van der Waals surface area contributed by atoms with Crippen molar-refractivity contribution >= 4 is 11.8 Å². The Kier molecular flexibility index (Phi) is 5.46. The summed E-state index contributed by atoms with van der Waals surface area (Å²) < 4.78 is 29.5. The third-order valence-electron chi connectivity index (χ3n) is 6.94. The number of nitrogens with zero attached hydrogens (tertiary/aromatic N) is 3. The van der Waals surface area contributed by atoms with E-state index in [1.165, 1.54) is 6.07 Å². The molecule has 3 aromatic rings. The number of aromatic nitrogens is 2. The molecule has 0 bridgehead atoms. The van der Waals surface area contributed by atoms with Crippen molar-refractivity contribution in [3.8, 4) is 5.69 Å². The summed E-state index contributed by atoms with van der Waals surface area (Å²) >= 11 is 0. The zero-order valence-electron chi connectivity index (χ0n) is 19.1. The molecule has 2 atom stereocenters. The van der Waals surface area contributed by atoms with Crippen LogP contribution in [0.5, 0.6) is 0 Å². The maximum Gasteiger partial charge on any atom is 0.254 e. The predicted molar refractivity (Wildman–Crippen MR) is 123 cm³/mol. The van der Waals surface area contributed by atoms with E-state index in [9.17, 15) is 18.4 Å². The smallest absolute Gasteiger partial charge is 0.254 e. The first-order chi connectivity index (χ1) is 16.3. The fourth-order valence-corrected chi connectivity index (χ4v) is 5.41. The molecular formula is C26H26F2N4O2. The van der Waals surface area contributed by atoms with Crippen LogP contribution >= 0.6 is 0 Å². The number of hydrogen-bond donors (Lipinski definition) is 1. The summed E-state index contributed by atoms with van der Waals surface area (Å²) in [6.45, 7) is 4.48. The fraction of sp³-hybridized carbons (Fsp3) is 0.346. The number of aryl methyl sites for hydroxylation is 2. The molecule has 1 spiro atoms. The standard InChI is InChI=1S/C26H26F2N4O2/c1-16-11-17(2)32(30-16)20-6-3-5-19(12-20)25(34)31-14-21(18-8-9-22(27)23(28)13-18)26(15-31)10-4-7-24(33)29-26/h3,5-6,8-9,11-13,21H,4,7,10,14-15H2,1-2H3,(H,29,33)/t21-,26+/m0/s1. The van der Waals surface area contributed by atoms with Crippen LogP contribution in [0.25, 0.3) is 5.69 Å². The average Bonchev–Trinajstić information content (AvgIpc) is 3.34.